The molecule has 11 heteroatoms. The van der Waals surface area contributed by atoms with E-state index in [9.17, 15) is 14.4 Å². The summed E-state index contributed by atoms with van der Waals surface area (Å²) in [7, 11) is 2.04. The van der Waals surface area contributed by atoms with Crippen molar-refractivity contribution in [3.63, 3.8) is 0 Å². The molecule has 1 amide bonds. The Kier molecular flexibility index (Phi) is 6.50. The van der Waals surface area contributed by atoms with Crippen molar-refractivity contribution in [1.82, 2.24) is 20.1 Å². The molecule has 0 spiro atoms. The molecule has 1 aromatic carbocycles. The highest BCUT2D eigenvalue weighted by atomic mass is 32.2. The van der Waals surface area contributed by atoms with Gasteiger partial charge in [0.2, 0.25) is 11.1 Å². The molecule has 160 valence electrons. The maximum Gasteiger partial charge on any atom is 0.235 e. The normalized spacial score (nSPS) is 13.5. The number of nitrogens with zero attached hydrogens (tertiary/aromatic N) is 4. The molecule has 0 atom stereocenters. The van der Waals surface area contributed by atoms with Crippen LogP contribution in [0, 0.1) is 17.1 Å². The number of thiophene rings is 1. The number of H-pyrrole nitrogens is 1. The summed E-state index contributed by atoms with van der Waals surface area (Å²) in [5, 5.41) is 20.1. The lowest BCUT2D eigenvalue weighted by Gasteiger charge is -2.21. The summed E-state index contributed by atoms with van der Waals surface area (Å²) in [5.41, 5.74) is 1.61. The van der Waals surface area contributed by atoms with Crippen LogP contribution in [0.2, 0.25) is 0 Å². The van der Waals surface area contributed by atoms with E-state index in [0.29, 0.717) is 21.5 Å². The third-order valence-electron chi connectivity index (χ3n) is 4.66. The topological polar surface area (TPSA) is 107 Å². The van der Waals surface area contributed by atoms with E-state index in [2.05, 4.69) is 31.5 Å². The van der Waals surface area contributed by atoms with Gasteiger partial charge in [-0.2, -0.15) is 5.26 Å². The van der Waals surface area contributed by atoms with Gasteiger partial charge in [-0.3, -0.25) is 9.89 Å². The Labute approximate surface area is 186 Å². The van der Waals surface area contributed by atoms with Crippen LogP contribution in [0.25, 0.3) is 0 Å². The number of para-hydroxylation sites is 1. The van der Waals surface area contributed by atoms with E-state index in [1.54, 1.807) is 12.1 Å². The second-order valence-electron chi connectivity index (χ2n) is 6.93. The van der Waals surface area contributed by atoms with E-state index in [1.807, 2.05) is 7.05 Å². The maximum absolute atomic E-state index is 13.6. The minimum absolute atomic E-state index is 0.0292. The molecule has 3 heterocycles. The second-order valence-corrected chi connectivity index (χ2v) is 8.98. The molecule has 4 rings (SSSR count). The minimum atomic E-state index is -0.452. The van der Waals surface area contributed by atoms with E-state index in [1.165, 1.54) is 23.5 Å². The van der Waals surface area contributed by atoms with Gasteiger partial charge in [-0.25, -0.2) is 9.37 Å². The molecule has 2 aromatic heterocycles. The highest BCUT2D eigenvalue weighted by Crippen LogP contribution is 2.36. The number of carbonyl (C=O) groups is 1. The number of nitrogens with one attached hydrogen (secondary N) is 2. The summed E-state index contributed by atoms with van der Waals surface area (Å²) in [6.07, 6.45) is 0.810. The molecular formula is C20H19FN6O2S2. The highest BCUT2D eigenvalue weighted by molar-refractivity contribution is 7.99. The molecule has 0 aliphatic carbocycles. The van der Waals surface area contributed by atoms with Gasteiger partial charge in [0.05, 0.1) is 11.3 Å². The van der Waals surface area contributed by atoms with E-state index in [4.69, 9.17) is 4.74 Å². The number of thioether (sulfide) groups is 1. The largest absolute Gasteiger partial charge is 0.483 e. The monoisotopic (exact) mass is 458 g/mol. The number of likely N-dealkylation sites (N-methyl/N-ethyl adjacent to an activating group) is 1. The SMILES string of the molecule is CN1CCc2c(sc(NC(=O)CSc3n[nH]c(COc4ccccc4F)n3)c2C#N)C1. The van der Waals surface area contributed by atoms with Crippen molar-refractivity contribution in [2.45, 2.75) is 24.7 Å². The standard InChI is InChI=1S/C20H19FN6O2S2/c1-27-7-6-12-13(8-22)19(31-16(12)9-27)24-18(28)11-30-20-23-17(25-26-20)10-29-15-5-3-2-4-14(15)21/h2-5H,6-7,9-11H2,1H3,(H,24,28)(H,23,25,26). The number of halogens is 1. The Bertz CT molecular complexity index is 1140. The number of rotatable bonds is 7. The van der Waals surface area contributed by atoms with Gasteiger partial charge >= 0.3 is 0 Å². The van der Waals surface area contributed by atoms with Gasteiger partial charge in [0, 0.05) is 18.0 Å². The number of benzene rings is 1. The van der Waals surface area contributed by atoms with Gasteiger partial charge in [0.25, 0.3) is 0 Å². The predicted octanol–water partition coefficient (Wildman–Crippen LogP) is 3.17. The third kappa shape index (κ3) is 5.04. The molecule has 0 saturated heterocycles. The molecule has 0 radical (unpaired) electrons. The van der Waals surface area contributed by atoms with Gasteiger partial charge in [-0.05, 0) is 31.2 Å². The first-order chi connectivity index (χ1) is 15.0. The number of fused-ring (bicyclic) bond motifs is 1. The summed E-state index contributed by atoms with van der Waals surface area (Å²) >= 11 is 2.62. The van der Waals surface area contributed by atoms with Gasteiger partial charge in [-0.1, -0.05) is 23.9 Å². The molecular weight excluding hydrogens is 439 g/mol. The Hall–Kier alpha value is -2.94. The van der Waals surface area contributed by atoms with Gasteiger partial charge < -0.3 is 15.0 Å². The number of anilines is 1. The van der Waals surface area contributed by atoms with Crippen molar-refractivity contribution in [2.24, 2.45) is 0 Å². The average molecular weight is 459 g/mol. The van der Waals surface area contributed by atoms with Crippen LogP contribution >= 0.6 is 23.1 Å². The van der Waals surface area contributed by atoms with Crippen LogP contribution in [-0.4, -0.2) is 45.3 Å². The van der Waals surface area contributed by atoms with E-state index >= 15 is 0 Å². The number of amides is 1. The number of hydrogen-bond acceptors (Lipinski definition) is 8. The Morgan fingerprint density at radius 3 is 3.13 bits per heavy atom. The predicted molar refractivity (Wildman–Crippen MR) is 116 cm³/mol. The fourth-order valence-corrected chi connectivity index (χ4v) is 5.06. The lowest BCUT2D eigenvalue weighted by atomic mass is 10.0. The fraction of sp³-hybridized carbons (Fsp3) is 0.300. The Balaban J connectivity index is 1.31. The number of aromatic nitrogens is 3. The molecule has 31 heavy (non-hydrogen) atoms. The average Bonchev–Trinajstić information content (AvgIpc) is 3.35. The van der Waals surface area contributed by atoms with Gasteiger partial charge in [0.15, 0.2) is 17.4 Å². The molecule has 1 aliphatic rings. The first-order valence-corrected chi connectivity index (χ1v) is 11.3. The molecule has 8 nitrogen and oxygen atoms in total. The zero-order chi connectivity index (χ0) is 21.8. The summed E-state index contributed by atoms with van der Waals surface area (Å²) in [6.45, 7) is 1.71. The molecule has 2 N–H and O–H groups in total. The molecule has 0 fully saturated rings. The quantitative estimate of drug-likeness (QED) is 0.524. The highest BCUT2D eigenvalue weighted by Gasteiger charge is 2.23. The number of aromatic amines is 1. The van der Waals surface area contributed by atoms with Crippen LogP contribution in [0.15, 0.2) is 29.4 Å². The first-order valence-electron chi connectivity index (χ1n) is 9.48. The summed E-state index contributed by atoms with van der Waals surface area (Å²) in [5.74, 6) is -0.0355. The van der Waals surface area contributed by atoms with E-state index in [-0.39, 0.29) is 24.0 Å². The summed E-state index contributed by atoms with van der Waals surface area (Å²) < 4.78 is 19.0. The Morgan fingerprint density at radius 2 is 2.32 bits per heavy atom. The lowest BCUT2D eigenvalue weighted by molar-refractivity contribution is -0.113. The number of nitriles is 1. The fourth-order valence-electron chi connectivity index (χ4n) is 3.15. The van der Waals surface area contributed by atoms with Gasteiger partial charge in [-0.15, -0.1) is 16.4 Å². The van der Waals surface area contributed by atoms with Crippen LogP contribution in [0.3, 0.4) is 0 Å². The second kappa shape index (κ2) is 9.47. The molecule has 3 aromatic rings. The van der Waals surface area contributed by atoms with Crippen molar-refractivity contribution >= 4 is 34.0 Å². The molecule has 0 bridgehead atoms. The van der Waals surface area contributed by atoms with E-state index in [0.717, 1.165) is 41.7 Å². The number of carbonyl (C=O) groups excluding carboxylic acids is 1. The summed E-state index contributed by atoms with van der Waals surface area (Å²) in [4.78, 5) is 20.0. The van der Waals surface area contributed by atoms with Crippen LogP contribution in [-0.2, 0) is 24.4 Å². The number of ether oxygens (including phenoxy) is 1. The van der Waals surface area contributed by atoms with Gasteiger partial charge in [0.1, 0.15) is 17.7 Å². The third-order valence-corrected chi connectivity index (χ3v) is 6.64. The van der Waals surface area contributed by atoms with Crippen molar-refractivity contribution in [2.75, 3.05) is 24.7 Å². The van der Waals surface area contributed by atoms with E-state index < -0.39 is 5.82 Å². The Morgan fingerprint density at radius 1 is 1.48 bits per heavy atom. The van der Waals surface area contributed by atoms with Crippen molar-refractivity contribution < 1.29 is 13.9 Å². The molecule has 0 saturated carbocycles. The van der Waals surface area contributed by atoms with Crippen LogP contribution in [0.5, 0.6) is 5.75 Å². The minimum Gasteiger partial charge on any atom is -0.483 e. The zero-order valence-corrected chi connectivity index (χ0v) is 18.3. The van der Waals surface area contributed by atoms with Crippen LogP contribution in [0.4, 0.5) is 9.39 Å². The van der Waals surface area contributed by atoms with Crippen molar-refractivity contribution in [1.29, 1.82) is 5.26 Å². The smallest absolute Gasteiger partial charge is 0.235 e. The molecule has 0 unspecified atom stereocenters. The number of hydrogen-bond donors (Lipinski definition) is 2. The molecule has 1 aliphatic heterocycles. The zero-order valence-electron chi connectivity index (χ0n) is 16.6. The van der Waals surface area contributed by atoms with Crippen molar-refractivity contribution in [3.05, 3.63) is 51.9 Å². The summed E-state index contributed by atoms with van der Waals surface area (Å²) in [6, 6.07) is 8.34. The van der Waals surface area contributed by atoms with Crippen molar-refractivity contribution in [3.8, 4) is 11.8 Å². The first kappa shape index (κ1) is 21.3. The lowest BCUT2D eigenvalue weighted by Crippen LogP contribution is -2.25. The van der Waals surface area contributed by atoms with Crippen LogP contribution in [0.1, 0.15) is 21.8 Å². The maximum atomic E-state index is 13.6. The van der Waals surface area contributed by atoms with Crippen LogP contribution < -0.4 is 10.1 Å².